The second-order valence-electron chi connectivity index (χ2n) is 6.53. The van der Waals surface area contributed by atoms with Gasteiger partial charge in [0.25, 0.3) is 5.91 Å². The van der Waals surface area contributed by atoms with Crippen LogP contribution in [0.5, 0.6) is 5.75 Å². The van der Waals surface area contributed by atoms with Crippen LogP contribution in [0.2, 0.25) is 0 Å². The Labute approximate surface area is 176 Å². The highest BCUT2D eigenvalue weighted by molar-refractivity contribution is 7.80. The molecule has 3 rings (SSSR count). The van der Waals surface area contributed by atoms with Crippen LogP contribution >= 0.6 is 12.2 Å². The topological polar surface area (TPSA) is 50.4 Å². The van der Waals surface area contributed by atoms with E-state index in [4.69, 9.17) is 17.0 Å². The largest absolute Gasteiger partial charge is 0.492 e. The number of ether oxygens (including phenoxy) is 1. The third-order valence-corrected chi connectivity index (χ3v) is 4.64. The third kappa shape index (κ3) is 6.73. The molecule has 2 N–H and O–H groups in total. The van der Waals surface area contributed by atoms with Crippen LogP contribution in [0.15, 0.2) is 84.9 Å². The van der Waals surface area contributed by atoms with Crippen molar-refractivity contribution >= 4 is 23.2 Å². The van der Waals surface area contributed by atoms with Gasteiger partial charge in [-0.1, -0.05) is 72.8 Å². The van der Waals surface area contributed by atoms with E-state index in [0.717, 1.165) is 12.8 Å². The number of nitrogens with one attached hydrogen (secondary N) is 2. The standard InChI is InChI=1S/C24H24N2O2S/c27-23(26-24(29)25-17-15-19-9-3-1-4-10-19)21-13-7-8-14-22(21)28-18-16-20-11-5-2-6-12-20/h1-14H,15-18H2,(H2,25,26,27,29). The lowest BCUT2D eigenvalue weighted by atomic mass is 10.1. The smallest absolute Gasteiger partial charge is 0.261 e. The molecule has 0 aliphatic heterocycles. The highest BCUT2D eigenvalue weighted by Gasteiger charge is 2.13. The van der Waals surface area contributed by atoms with Gasteiger partial charge in [-0.2, -0.15) is 0 Å². The first kappa shape index (κ1) is 20.6. The molecule has 0 saturated carbocycles. The average molecular weight is 405 g/mol. The lowest BCUT2D eigenvalue weighted by molar-refractivity contribution is 0.0973. The van der Waals surface area contributed by atoms with Crippen molar-refractivity contribution in [1.82, 2.24) is 10.6 Å². The number of thiocarbonyl (C=S) groups is 1. The van der Waals surface area contributed by atoms with Crippen LogP contribution in [0.4, 0.5) is 0 Å². The fourth-order valence-corrected chi connectivity index (χ4v) is 3.08. The van der Waals surface area contributed by atoms with Gasteiger partial charge in [-0.3, -0.25) is 10.1 Å². The summed E-state index contributed by atoms with van der Waals surface area (Å²) in [5.74, 6) is 0.269. The molecule has 0 saturated heterocycles. The zero-order chi connectivity index (χ0) is 20.3. The maximum absolute atomic E-state index is 12.6. The fourth-order valence-electron chi connectivity index (χ4n) is 2.88. The van der Waals surface area contributed by atoms with Gasteiger partial charge in [0.15, 0.2) is 5.11 Å². The normalized spacial score (nSPS) is 10.2. The molecule has 0 aliphatic carbocycles. The summed E-state index contributed by atoms with van der Waals surface area (Å²) in [6.45, 7) is 1.15. The molecule has 0 radical (unpaired) electrons. The molecule has 0 bridgehead atoms. The molecule has 0 unspecified atom stereocenters. The van der Waals surface area contributed by atoms with Crippen LogP contribution in [0.1, 0.15) is 21.5 Å². The number of para-hydroxylation sites is 1. The molecule has 0 aromatic heterocycles. The molecule has 29 heavy (non-hydrogen) atoms. The van der Waals surface area contributed by atoms with E-state index in [-0.39, 0.29) is 5.91 Å². The Hall–Kier alpha value is -3.18. The Kier molecular flexibility index (Phi) is 7.78. The first-order chi connectivity index (χ1) is 14.2. The first-order valence-electron chi connectivity index (χ1n) is 9.61. The molecule has 0 heterocycles. The molecule has 0 atom stereocenters. The van der Waals surface area contributed by atoms with E-state index in [9.17, 15) is 4.79 Å². The minimum atomic E-state index is -0.280. The maximum atomic E-state index is 12.6. The first-order valence-corrected chi connectivity index (χ1v) is 10.0. The molecule has 0 fully saturated rings. The molecule has 3 aromatic carbocycles. The van der Waals surface area contributed by atoms with Crippen LogP contribution in [0.25, 0.3) is 0 Å². The van der Waals surface area contributed by atoms with Crippen molar-refractivity contribution in [1.29, 1.82) is 0 Å². The van der Waals surface area contributed by atoms with Crippen LogP contribution in [-0.4, -0.2) is 24.2 Å². The Bertz CT molecular complexity index is 930. The second-order valence-corrected chi connectivity index (χ2v) is 6.93. The number of hydrogen-bond acceptors (Lipinski definition) is 3. The van der Waals surface area contributed by atoms with Gasteiger partial charge in [-0.05, 0) is 41.9 Å². The highest BCUT2D eigenvalue weighted by Crippen LogP contribution is 2.18. The fraction of sp³-hybridized carbons (Fsp3) is 0.167. The lowest BCUT2D eigenvalue weighted by Crippen LogP contribution is -2.40. The number of carbonyl (C=O) groups is 1. The van der Waals surface area contributed by atoms with Crippen molar-refractivity contribution in [3.8, 4) is 5.75 Å². The zero-order valence-corrected chi connectivity index (χ0v) is 17.0. The van der Waals surface area contributed by atoms with Gasteiger partial charge >= 0.3 is 0 Å². The van der Waals surface area contributed by atoms with Gasteiger partial charge in [0.2, 0.25) is 0 Å². The van der Waals surface area contributed by atoms with E-state index in [1.165, 1.54) is 11.1 Å². The second kappa shape index (κ2) is 11.0. The Morgan fingerprint density at radius 1 is 0.793 bits per heavy atom. The molecule has 0 aliphatic rings. The quantitative estimate of drug-likeness (QED) is 0.554. The average Bonchev–Trinajstić information content (AvgIpc) is 2.75. The van der Waals surface area contributed by atoms with E-state index in [0.29, 0.717) is 29.6 Å². The number of benzene rings is 3. The molecule has 148 valence electrons. The van der Waals surface area contributed by atoms with Crippen LogP contribution < -0.4 is 15.4 Å². The van der Waals surface area contributed by atoms with Crippen LogP contribution in [0, 0.1) is 0 Å². The van der Waals surface area contributed by atoms with Crippen molar-refractivity contribution in [2.24, 2.45) is 0 Å². The van der Waals surface area contributed by atoms with Gasteiger partial charge in [-0.15, -0.1) is 0 Å². The van der Waals surface area contributed by atoms with Crippen molar-refractivity contribution in [3.63, 3.8) is 0 Å². The van der Waals surface area contributed by atoms with E-state index in [1.54, 1.807) is 12.1 Å². The Morgan fingerprint density at radius 3 is 2.07 bits per heavy atom. The Balaban J connectivity index is 1.49. The number of rotatable bonds is 8. The van der Waals surface area contributed by atoms with E-state index in [2.05, 4.69) is 34.9 Å². The van der Waals surface area contributed by atoms with Gasteiger partial charge in [0.05, 0.1) is 12.2 Å². The number of amides is 1. The van der Waals surface area contributed by atoms with Crippen LogP contribution in [-0.2, 0) is 12.8 Å². The molecular formula is C24H24N2O2S. The molecular weight excluding hydrogens is 380 g/mol. The minimum absolute atomic E-state index is 0.280. The maximum Gasteiger partial charge on any atom is 0.261 e. The molecule has 1 amide bonds. The molecule has 4 nitrogen and oxygen atoms in total. The van der Waals surface area contributed by atoms with Crippen molar-refractivity contribution in [2.75, 3.05) is 13.2 Å². The molecule has 5 heteroatoms. The summed E-state index contributed by atoms with van der Waals surface area (Å²) < 4.78 is 5.86. The summed E-state index contributed by atoms with van der Waals surface area (Å²) in [5, 5.41) is 6.12. The summed E-state index contributed by atoms with van der Waals surface area (Å²) in [6, 6.07) is 27.4. The van der Waals surface area contributed by atoms with Gasteiger partial charge in [0.1, 0.15) is 5.75 Å². The van der Waals surface area contributed by atoms with Gasteiger partial charge in [0, 0.05) is 13.0 Å². The van der Waals surface area contributed by atoms with Crippen molar-refractivity contribution in [2.45, 2.75) is 12.8 Å². The Morgan fingerprint density at radius 2 is 1.38 bits per heavy atom. The summed E-state index contributed by atoms with van der Waals surface area (Å²) in [7, 11) is 0. The van der Waals surface area contributed by atoms with Crippen molar-refractivity contribution < 1.29 is 9.53 Å². The van der Waals surface area contributed by atoms with Crippen molar-refractivity contribution in [3.05, 3.63) is 102 Å². The highest BCUT2D eigenvalue weighted by atomic mass is 32.1. The number of carbonyl (C=O) groups excluding carboxylic acids is 1. The van der Waals surface area contributed by atoms with E-state index >= 15 is 0 Å². The lowest BCUT2D eigenvalue weighted by Gasteiger charge is -2.13. The predicted octanol–water partition coefficient (Wildman–Crippen LogP) is 4.16. The minimum Gasteiger partial charge on any atom is -0.492 e. The molecule has 3 aromatic rings. The zero-order valence-electron chi connectivity index (χ0n) is 16.1. The predicted molar refractivity (Wildman–Crippen MR) is 120 cm³/mol. The summed E-state index contributed by atoms with van der Waals surface area (Å²) in [4.78, 5) is 12.6. The summed E-state index contributed by atoms with van der Waals surface area (Å²) >= 11 is 5.26. The number of hydrogen-bond donors (Lipinski definition) is 2. The monoisotopic (exact) mass is 404 g/mol. The van der Waals surface area contributed by atoms with E-state index < -0.39 is 0 Å². The third-order valence-electron chi connectivity index (χ3n) is 4.39. The van der Waals surface area contributed by atoms with Gasteiger partial charge in [-0.25, -0.2) is 0 Å². The summed E-state index contributed by atoms with van der Waals surface area (Å²) in [5.41, 5.74) is 2.87. The molecule has 0 spiro atoms. The summed E-state index contributed by atoms with van der Waals surface area (Å²) in [6.07, 6.45) is 1.60. The van der Waals surface area contributed by atoms with E-state index in [1.807, 2.05) is 48.5 Å². The van der Waals surface area contributed by atoms with Crippen LogP contribution in [0.3, 0.4) is 0 Å². The van der Waals surface area contributed by atoms with Gasteiger partial charge < -0.3 is 10.1 Å². The SMILES string of the molecule is O=C(NC(=S)NCCc1ccccc1)c1ccccc1OCCc1ccccc1.